The summed E-state index contributed by atoms with van der Waals surface area (Å²) in [6.45, 7) is 7.90. The molecule has 1 saturated heterocycles. The van der Waals surface area contributed by atoms with Gasteiger partial charge in [-0.05, 0) is 39.0 Å². The van der Waals surface area contributed by atoms with Crippen molar-refractivity contribution >= 4 is 40.2 Å². The van der Waals surface area contributed by atoms with Crippen molar-refractivity contribution in [3.63, 3.8) is 0 Å². The van der Waals surface area contributed by atoms with Gasteiger partial charge in [-0.25, -0.2) is 0 Å². The van der Waals surface area contributed by atoms with E-state index in [1.54, 1.807) is 0 Å². The molecule has 2 amide bonds. The second-order valence-electron chi connectivity index (χ2n) is 8.46. The third-order valence-electron chi connectivity index (χ3n) is 5.65. The number of hydrogen-bond donors (Lipinski definition) is 1. The zero-order valence-corrected chi connectivity index (χ0v) is 20.6. The van der Waals surface area contributed by atoms with Crippen molar-refractivity contribution in [2.45, 2.75) is 44.4 Å². The molecular formula is C26H31N3O4S. The monoisotopic (exact) mass is 481 g/mol. The Morgan fingerprint density at radius 1 is 1.09 bits per heavy atom. The number of para-hydroxylation sites is 3. The number of ether oxygens (including phenoxy) is 2. The van der Waals surface area contributed by atoms with Crippen LogP contribution < -0.4 is 10.1 Å². The van der Waals surface area contributed by atoms with Crippen molar-refractivity contribution in [3.05, 3.63) is 54.7 Å². The number of nitrogens with zero attached hydrogens (tertiary/aromatic N) is 2. The molecule has 1 aliphatic heterocycles. The first-order valence-corrected chi connectivity index (χ1v) is 12.6. The van der Waals surface area contributed by atoms with E-state index in [4.69, 9.17) is 9.47 Å². The summed E-state index contributed by atoms with van der Waals surface area (Å²) in [5, 5.41) is 3.97. The van der Waals surface area contributed by atoms with Crippen LogP contribution in [0.5, 0.6) is 5.75 Å². The molecule has 2 atom stereocenters. The Morgan fingerprint density at radius 3 is 2.56 bits per heavy atom. The smallest absolute Gasteiger partial charge is 0.242 e. The van der Waals surface area contributed by atoms with E-state index in [1.807, 2.05) is 85.0 Å². The average molecular weight is 482 g/mol. The van der Waals surface area contributed by atoms with Gasteiger partial charge in [0.05, 0.1) is 30.3 Å². The molecule has 7 nitrogen and oxygen atoms in total. The Morgan fingerprint density at radius 2 is 1.79 bits per heavy atom. The first-order valence-electron chi connectivity index (χ1n) is 11.6. The van der Waals surface area contributed by atoms with Gasteiger partial charge in [-0.1, -0.05) is 30.3 Å². The van der Waals surface area contributed by atoms with E-state index >= 15 is 0 Å². The Balaban J connectivity index is 1.45. The van der Waals surface area contributed by atoms with Gasteiger partial charge in [0.15, 0.2) is 0 Å². The van der Waals surface area contributed by atoms with Gasteiger partial charge in [-0.15, -0.1) is 11.8 Å². The lowest BCUT2D eigenvalue weighted by atomic mass is 10.2. The Kier molecular flexibility index (Phi) is 7.80. The minimum absolute atomic E-state index is 0.0339. The molecule has 1 N–H and O–H groups in total. The minimum Gasteiger partial charge on any atom is -0.492 e. The van der Waals surface area contributed by atoms with Crippen LogP contribution in [0.3, 0.4) is 0 Å². The summed E-state index contributed by atoms with van der Waals surface area (Å²) in [7, 11) is 0. The quantitative estimate of drug-likeness (QED) is 0.483. The van der Waals surface area contributed by atoms with Crippen LogP contribution in [-0.4, -0.2) is 58.9 Å². The van der Waals surface area contributed by atoms with E-state index in [1.165, 1.54) is 11.8 Å². The number of benzene rings is 2. The van der Waals surface area contributed by atoms with Crippen LogP contribution >= 0.6 is 11.8 Å². The number of thioether (sulfide) groups is 1. The highest BCUT2D eigenvalue weighted by molar-refractivity contribution is 8.00. The standard InChI is InChI=1S/C26H31N3O4S/c1-4-32-23-12-8-6-10-21(23)27-25(30)17-34-24-15-28(22-11-7-5-9-20(22)24)16-26(31)29-13-18(2)33-19(3)14-29/h5-12,15,18-19H,4,13-14,16-17H2,1-3H3,(H,27,30)/t18-,19+. The molecule has 1 aliphatic rings. The summed E-state index contributed by atoms with van der Waals surface area (Å²) in [5.41, 5.74) is 1.65. The van der Waals surface area contributed by atoms with Gasteiger partial charge >= 0.3 is 0 Å². The molecule has 0 spiro atoms. The minimum atomic E-state index is -0.110. The molecule has 8 heteroatoms. The molecule has 0 unspecified atom stereocenters. The molecule has 3 aromatic rings. The third kappa shape index (κ3) is 5.74. The fraction of sp³-hybridized carbons (Fsp3) is 0.385. The largest absolute Gasteiger partial charge is 0.492 e. The average Bonchev–Trinajstić information content (AvgIpc) is 3.16. The molecule has 1 fully saturated rings. The van der Waals surface area contributed by atoms with Crippen LogP contribution in [0, 0.1) is 0 Å². The van der Waals surface area contributed by atoms with E-state index in [0.717, 1.165) is 15.8 Å². The second-order valence-corrected chi connectivity index (χ2v) is 9.48. The number of morpholine rings is 1. The first-order chi connectivity index (χ1) is 16.4. The van der Waals surface area contributed by atoms with Gasteiger partial charge < -0.3 is 24.3 Å². The maximum absolute atomic E-state index is 13.0. The number of fused-ring (bicyclic) bond motifs is 1. The van der Waals surface area contributed by atoms with Crippen molar-refractivity contribution in [1.29, 1.82) is 0 Å². The van der Waals surface area contributed by atoms with E-state index in [0.29, 0.717) is 31.1 Å². The van der Waals surface area contributed by atoms with Crippen molar-refractivity contribution in [3.8, 4) is 5.75 Å². The van der Waals surface area contributed by atoms with E-state index in [2.05, 4.69) is 5.32 Å². The van der Waals surface area contributed by atoms with Crippen molar-refractivity contribution < 1.29 is 19.1 Å². The van der Waals surface area contributed by atoms with Gasteiger partial charge in [0, 0.05) is 35.1 Å². The number of amides is 2. The highest BCUT2D eigenvalue weighted by Crippen LogP contribution is 2.31. The zero-order valence-electron chi connectivity index (χ0n) is 19.8. The zero-order chi connectivity index (χ0) is 24.1. The fourth-order valence-corrected chi connectivity index (χ4v) is 5.16. The van der Waals surface area contributed by atoms with Crippen molar-refractivity contribution in [2.24, 2.45) is 0 Å². The van der Waals surface area contributed by atoms with Crippen LogP contribution in [-0.2, 0) is 20.9 Å². The summed E-state index contributed by atoms with van der Waals surface area (Å²) in [5.74, 6) is 0.872. The van der Waals surface area contributed by atoms with Crippen LogP contribution in [0.25, 0.3) is 10.9 Å². The predicted molar refractivity (Wildman–Crippen MR) is 135 cm³/mol. The van der Waals surface area contributed by atoms with Gasteiger partial charge in [0.25, 0.3) is 0 Å². The lowest BCUT2D eigenvalue weighted by molar-refractivity contribution is -0.143. The highest BCUT2D eigenvalue weighted by atomic mass is 32.2. The summed E-state index contributed by atoms with van der Waals surface area (Å²) < 4.78 is 13.3. The topological polar surface area (TPSA) is 72.8 Å². The molecule has 180 valence electrons. The SMILES string of the molecule is CCOc1ccccc1NC(=O)CSc1cn(CC(=O)N2C[C@@H](C)O[C@@H](C)C2)c2ccccc12. The number of carbonyl (C=O) groups is 2. The number of aromatic nitrogens is 1. The molecule has 0 radical (unpaired) electrons. The van der Waals surface area contributed by atoms with E-state index < -0.39 is 0 Å². The van der Waals surface area contributed by atoms with Gasteiger partial charge in [-0.2, -0.15) is 0 Å². The van der Waals surface area contributed by atoms with Gasteiger partial charge in [-0.3, -0.25) is 9.59 Å². The Labute approximate surface area is 204 Å². The predicted octanol–water partition coefficient (Wildman–Crippen LogP) is 4.41. The Hall–Kier alpha value is -2.97. The molecule has 0 bridgehead atoms. The summed E-state index contributed by atoms with van der Waals surface area (Å²) >= 11 is 1.46. The molecule has 4 rings (SSSR count). The summed E-state index contributed by atoms with van der Waals surface area (Å²) in [6, 6.07) is 15.4. The molecule has 0 aliphatic carbocycles. The number of nitrogens with one attached hydrogen (secondary N) is 1. The Bertz CT molecular complexity index is 1150. The van der Waals surface area contributed by atoms with Crippen LogP contribution in [0.1, 0.15) is 20.8 Å². The molecule has 1 aromatic heterocycles. The highest BCUT2D eigenvalue weighted by Gasteiger charge is 2.26. The number of rotatable bonds is 8. The lowest BCUT2D eigenvalue weighted by Crippen LogP contribution is -2.49. The van der Waals surface area contributed by atoms with Gasteiger partial charge in [0.2, 0.25) is 11.8 Å². The summed E-state index contributed by atoms with van der Waals surface area (Å²) in [6.07, 6.45) is 2.04. The van der Waals surface area contributed by atoms with Crippen LogP contribution in [0.2, 0.25) is 0 Å². The maximum atomic E-state index is 13.0. The first kappa shape index (κ1) is 24.2. The number of hydrogen-bond acceptors (Lipinski definition) is 5. The van der Waals surface area contributed by atoms with E-state index in [9.17, 15) is 9.59 Å². The molecular weight excluding hydrogens is 450 g/mol. The molecule has 0 saturated carbocycles. The summed E-state index contributed by atoms with van der Waals surface area (Å²) in [4.78, 5) is 28.5. The van der Waals surface area contributed by atoms with Crippen LogP contribution in [0.15, 0.2) is 59.6 Å². The fourth-order valence-electron chi connectivity index (χ4n) is 4.27. The normalized spacial score (nSPS) is 18.1. The van der Waals surface area contributed by atoms with Crippen LogP contribution in [0.4, 0.5) is 5.69 Å². The molecule has 34 heavy (non-hydrogen) atoms. The van der Waals surface area contributed by atoms with Crippen molar-refractivity contribution in [1.82, 2.24) is 9.47 Å². The number of anilines is 1. The maximum Gasteiger partial charge on any atom is 0.242 e. The lowest BCUT2D eigenvalue weighted by Gasteiger charge is -2.35. The van der Waals surface area contributed by atoms with E-state index in [-0.39, 0.29) is 36.3 Å². The third-order valence-corrected chi connectivity index (χ3v) is 6.69. The van der Waals surface area contributed by atoms with Gasteiger partial charge in [0.1, 0.15) is 12.3 Å². The van der Waals surface area contributed by atoms with Crippen molar-refractivity contribution in [2.75, 3.05) is 30.8 Å². The molecule has 2 heterocycles. The number of carbonyl (C=O) groups excluding carboxylic acids is 2. The molecule has 2 aromatic carbocycles. The second kappa shape index (κ2) is 11.0.